The minimum atomic E-state index is -3.26. The molecule has 0 amide bonds. The third-order valence-electron chi connectivity index (χ3n) is 2.61. The van der Waals surface area contributed by atoms with E-state index >= 15 is 0 Å². The van der Waals surface area contributed by atoms with Crippen molar-refractivity contribution in [1.29, 1.82) is 0 Å². The Morgan fingerprint density at radius 3 is 2.63 bits per heavy atom. The number of aromatic nitrogens is 2. The number of benzene rings is 1. The van der Waals surface area contributed by atoms with Crippen LogP contribution in [0.15, 0.2) is 27.2 Å². The van der Waals surface area contributed by atoms with Gasteiger partial charge in [0, 0.05) is 22.0 Å². The summed E-state index contributed by atoms with van der Waals surface area (Å²) < 4.78 is 28.7. The normalized spacial score (nSPS) is 13.4. The molecular weight excluding hydrogens is 334 g/mol. The van der Waals surface area contributed by atoms with Crippen LogP contribution >= 0.6 is 15.9 Å². The fraction of sp³-hybridized carbons (Fsp3) is 0.273. The summed E-state index contributed by atoms with van der Waals surface area (Å²) in [4.78, 5) is 4.10. The molecule has 1 atom stereocenters. The summed E-state index contributed by atoms with van der Waals surface area (Å²) in [6.45, 7) is 1.51. The van der Waals surface area contributed by atoms with Gasteiger partial charge in [0.2, 0.25) is 0 Å². The van der Waals surface area contributed by atoms with Crippen LogP contribution in [0.2, 0.25) is 0 Å². The first-order chi connectivity index (χ1) is 8.77. The molecule has 8 heteroatoms. The summed E-state index contributed by atoms with van der Waals surface area (Å²) in [6.07, 6.45) is 1.13. The van der Waals surface area contributed by atoms with E-state index in [9.17, 15) is 8.42 Å². The zero-order valence-electron chi connectivity index (χ0n) is 10.3. The number of halogens is 1. The van der Waals surface area contributed by atoms with Gasteiger partial charge in [-0.25, -0.2) is 8.42 Å². The Labute approximate surface area is 119 Å². The van der Waals surface area contributed by atoms with E-state index in [2.05, 4.69) is 26.1 Å². The fourth-order valence-corrected chi connectivity index (χ4v) is 2.43. The average Bonchev–Trinajstić information content (AvgIpc) is 2.74. The van der Waals surface area contributed by atoms with Gasteiger partial charge in [-0.15, -0.1) is 0 Å². The van der Waals surface area contributed by atoms with E-state index < -0.39 is 15.1 Å². The number of nitrogens with zero attached hydrogens (tertiary/aromatic N) is 2. The molecule has 0 saturated carbocycles. The highest BCUT2D eigenvalue weighted by atomic mass is 79.9. The summed E-state index contributed by atoms with van der Waals surface area (Å²) in [6, 6.07) is 5.17. The third-order valence-corrected chi connectivity index (χ3v) is 4.57. The molecule has 0 spiro atoms. The number of sulfone groups is 1. The molecule has 0 aliphatic heterocycles. The molecule has 2 N–H and O–H groups in total. The van der Waals surface area contributed by atoms with Crippen molar-refractivity contribution in [3.8, 4) is 11.5 Å². The van der Waals surface area contributed by atoms with Crippen LogP contribution in [0.25, 0.3) is 11.5 Å². The van der Waals surface area contributed by atoms with Crippen molar-refractivity contribution in [1.82, 2.24) is 10.1 Å². The van der Waals surface area contributed by atoms with Crippen molar-refractivity contribution in [2.45, 2.75) is 12.2 Å². The molecule has 0 radical (unpaired) electrons. The smallest absolute Gasteiger partial charge is 0.258 e. The van der Waals surface area contributed by atoms with Crippen molar-refractivity contribution in [3.05, 3.63) is 28.5 Å². The molecule has 0 saturated heterocycles. The quantitative estimate of drug-likeness (QED) is 0.856. The second kappa shape index (κ2) is 4.93. The summed E-state index contributed by atoms with van der Waals surface area (Å²) in [5, 5.41) is 2.89. The summed E-state index contributed by atoms with van der Waals surface area (Å²) in [5.74, 6) is 0.370. The van der Waals surface area contributed by atoms with E-state index in [1.54, 1.807) is 18.2 Å². The summed E-state index contributed by atoms with van der Waals surface area (Å²) >= 11 is 3.31. The van der Waals surface area contributed by atoms with Crippen molar-refractivity contribution in [2.75, 3.05) is 12.0 Å². The maximum atomic E-state index is 11.4. The monoisotopic (exact) mass is 345 g/mol. The molecule has 1 unspecified atom stereocenters. The molecule has 2 rings (SSSR count). The van der Waals surface area contributed by atoms with Crippen molar-refractivity contribution in [3.63, 3.8) is 0 Å². The standard InChI is InChI=1S/C11H12BrN3O3S/c1-6(19(2,16)17)10-14-11(18-15-10)7-3-8(12)5-9(13)4-7/h3-6H,13H2,1-2H3. The summed E-state index contributed by atoms with van der Waals surface area (Å²) in [5.41, 5.74) is 6.89. The van der Waals surface area contributed by atoms with Gasteiger partial charge >= 0.3 is 0 Å². The lowest BCUT2D eigenvalue weighted by Gasteiger charge is -2.02. The van der Waals surface area contributed by atoms with Crippen LogP contribution in [0, 0.1) is 0 Å². The first kappa shape index (κ1) is 14.0. The maximum Gasteiger partial charge on any atom is 0.258 e. The Morgan fingerprint density at radius 1 is 1.37 bits per heavy atom. The van der Waals surface area contributed by atoms with Gasteiger partial charge < -0.3 is 10.3 Å². The molecule has 1 heterocycles. The van der Waals surface area contributed by atoms with Crippen LogP contribution in [0.1, 0.15) is 18.0 Å². The van der Waals surface area contributed by atoms with Crippen molar-refractivity contribution < 1.29 is 12.9 Å². The lowest BCUT2D eigenvalue weighted by Crippen LogP contribution is -2.09. The van der Waals surface area contributed by atoms with E-state index in [4.69, 9.17) is 10.3 Å². The fourth-order valence-electron chi connectivity index (χ4n) is 1.44. The van der Waals surface area contributed by atoms with E-state index in [-0.39, 0.29) is 11.7 Å². The molecular formula is C11H12BrN3O3S. The van der Waals surface area contributed by atoms with Gasteiger partial charge in [-0.2, -0.15) is 4.98 Å². The van der Waals surface area contributed by atoms with Gasteiger partial charge in [0.05, 0.1) is 0 Å². The first-order valence-corrected chi connectivity index (χ1v) is 8.11. The second-order valence-electron chi connectivity index (χ2n) is 4.20. The number of nitrogen functional groups attached to an aromatic ring is 1. The van der Waals surface area contributed by atoms with Gasteiger partial charge in [0.15, 0.2) is 15.7 Å². The number of anilines is 1. The molecule has 0 aliphatic carbocycles. The predicted octanol–water partition coefficient (Wildman–Crippen LogP) is 2.19. The summed E-state index contributed by atoms with van der Waals surface area (Å²) in [7, 11) is -3.26. The van der Waals surface area contributed by atoms with Crippen LogP contribution in [0.4, 0.5) is 5.69 Å². The first-order valence-electron chi connectivity index (χ1n) is 5.36. The zero-order chi connectivity index (χ0) is 14.2. The highest BCUT2D eigenvalue weighted by molar-refractivity contribution is 9.10. The van der Waals surface area contributed by atoms with Gasteiger partial charge in [-0.3, -0.25) is 0 Å². The van der Waals surface area contributed by atoms with E-state index in [0.717, 1.165) is 10.7 Å². The Hall–Kier alpha value is -1.41. The minimum Gasteiger partial charge on any atom is -0.399 e. The topological polar surface area (TPSA) is 99.1 Å². The Morgan fingerprint density at radius 2 is 2.05 bits per heavy atom. The Kier molecular flexibility index (Phi) is 3.64. The SMILES string of the molecule is CC(c1noc(-c2cc(N)cc(Br)c2)n1)S(C)(=O)=O. The molecule has 102 valence electrons. The van der Waals surface area contributed by atoms with Gasteiger partial charge in [-0.05, 0) is 25.1 Å². The average molecular weight is 346 g/mol. The van der Waals surface area contributed by atoms with E-state index in [0.29, 0.717) is 11.3 Å². The van der Waals surface area contributed by atoms with E-state index in [1.807, 2.05) is 0 Å². The number of hydrogen-bond acceptors (Lipinski definition) is 6. The molecule has 0 fully saturated rings. The van der Waals surface area contributed by atoms with Crippen LogP contribution in [-0.2, 0) is 9.84 Å². The molecule has 2 aromatic rings. The number of hydrogen-bond donors (Lipinski definition) is 1. The van der Waals surface area contributed by atoms with Crippen molar-refractivity contribution in [2.24, 2.45) is 0 Å². The second-order valence-corrected chi connectivity index (χ2v) is 7.48. The highest BCUT2D eigenvalue weighted by Crippen LogP contribution is 2.27. The molecule has 1 aromatic heterocycles. The van der Waals surface area contributed by atoms with Gasteiger partial charge in [0.1, 0.15) is 5.25 Å². The lowest BCUT2D eigenvalue weighted by atomic mass is 10.2. The van der Waals surface area contributed by atoms with Crippen LogP contribution in [-0.4, -0.2) is 24.8 Å². The molecule has 1 aromatic carbocycles. The largest absolute Gasteiger partial charge is 0.399 e. The molecule has 0 aliphatic rings. The van der Waals surface area contributed by atoms with Gasteiger partial charge in [-0.1, -0.05) is 21.1 Å². The number of nitrogens with two attached hydrogens (primary N) is 1. The minimum absolute atomic E-state index is 0.135. The Bertz CT molecular complexity index is 691. The van der Waals surface area contributed by atoms with Crippen molar-refractivity contribution >= 4 is 31.5 Å². The molecule has 19 heavy (non-hydrogen) atoms. The van der Waals surface area contributed by atoms with Crippen LogP contribution in [0.3, 0.4) is 0 Å². The predicted molar refractivity (Wildman–Crippen MR) is 75.1 cm³/mol. The zero-order valence-corrected chi connectivity index (χ0v) is 12.7. The highest BCUT2D eigenvalue weighted by Gasteiger charge is 2.23. The maximum absolute atomic E-state index is 11.4. The van der Waals surface area contributed by atoms with Gasteiger partial charge in [0.25, 0.3) is 5.89 Å². The molecule has 6 nitrogen and oxygen atoms in total. The Balaban J connectivity index is 2.41. The third kappa shape index (κ3) is 3.13. The lowest BCUT2D eigenvalue weighted by molar-refractivity contribution is 0.422. The van der Waals surface area contributed by atoms with E-state index in [1.165, 1.54) is 6.92 Å². The van der Waals surface area contributed by atoms with Crippen LogP contribution in [0.5, 0.6) is 0 Å². The van der Waals surface area contributed by atoms with Crippen LogP contribution < -0.4 is 5.73 Å². The molecule has 0 bridgehead atoms. The number of rotatable bonds is 3.